The zero-order chi connectivity index (χ0) is 23.8. The van der Waals surface area contributed by atoms with E-state index in [9.17, 15) is 9.59 Å². The van der Waals surface area contributed by atoms with Gasteiger partial charge in [-0.05, 0) is 29.3 Å². The van der Waals surface area contributed by atoms with E-state index in [1.54, 1.807) is 9.80 Å². The molecule has 1 saturated heterocycles. The number of hydrogen-bond acceptors (Lipinski definition) is 3. The molecule has 0 saturated carbocycles. The zero-order valence-electron chi connectivity index (χ0n) is 19.1. The highest BCUT2D eigenvalue weighted by atomic mass is 16.5. The molecular weight excluding hydrogens is 436 g/mol. The zero-order valence-corrected chi connectivity index (χ0v) is 19.1. The summed E-state index contributed by atoms with van der Waals surface area (Å²) in [5, 5.41) is 0. The minimum Gasteiger partial charge on any atom is -0.360 e. The average Bonchev–Trinajstić information content (AvgIpc) is 3.01. The van der Waals surface area contributed by atoms with Crippen LogP contribution in [0.4, 0.5) is 11.4 Å². The molecule has 172 valence electrons. The second-order valence-electron chi connectivity index (χ2n) is 8.82. The largest absolute Gasteiger partial charge is 0.360 e. The van der Waals surface area contributed by atoms with E-state index in [-0.39, 0.29) is 18.4 Å². The number of carbonyl (C=O) groups is 2. The summed E-state index contributed by atoms with van der Waals surface area (Å²) in [5.41, 5.74) is 3.40. The lowest BCUT2D eigenvalue weighted by atomic mass is 9.69. The van der Waals surface area contributed by atoms with Crippen molar-refractivity contribution in [1.29, 1.82) is 0 Å². The van der Waals surface area contributed by atoms with Crippen molar-refractivity contribution in [2.75, 3.05) is 11.4 Å². The standard InChI is InChI=1S/C30H24N2O3/c33-27-20-31-29(34)28(35-21-22-12-4-1-5-13-22)30(31,23-14-6-2-7-15-23)25-18-10-11-19-26(25)32(27)24-16-8-3-9-17-24/h1-19,28H,20-21H2/t28-,30+/m1/s1. The summed E-state index contributed by atoms with van der Waals surface area (Å²) in [6.45, 7) is 0.265. The van der Waals surface area contributed by atoms with Crippen molar-refractivity contribution in [3.8, 4) is 0 Å². The number of anilines is 2. The van der Waals surface area contributed by atoms with Crippen LogP contribution in [0.2, 0.25) is 0 Å². The number of fused-ring (bicyclic) bond motifs is 3. The summed E-state index contributed by atoms with van der Waals surface area (Å²) in [7, 11) is 0. The Balaban J connectivity index is 1.54. The molecule has 4 aromatic carbocycles. The monoisotopic (exact) mass is 460 g/mol. The van der Waals surface area contributed by atoms with Gasteiger partial charge in [0.2, 0.25) is 0 Å². The maximum absolute atomic E-state index is 13.7. The summed E-state index contributed by atoms with van der Waals surface area (Å²) in [5.74, 6) is -0.334. The van der Waals surface area contributed by atoms with Crippen molar-refractivity contribution in [3.63, 3.8) is 0 Å². The Morgan fingerprint density at radius 1 is 0.743 bits per heavy atom. The maximum Gasteiger partial charge on any atom is 0.256 e. The van der Waals surface area contributed by atoms with Gasteiger partial charge < -0.3 is 9.64 Å². The van der Waals surface area contributed by atoms with Gasteiger partial charge in [-0.2, -0.15) is 0 Å². The molecule has 5 heteroatoms. The van der Waals surface area contributed by atoms with Crippen molar-refractivity contribution >= 4 is 23.2 Å². The van der Waals surface area contributed by atoms with Crippen LogP contribution in [-0.2, 0) is 26.5 Å². The molecule has 6 rings (SSSR count). The van der Waals surface area contributed by atoms with Crippen molar-refractivity contribution in [2.24, 2.45) is 0 Å². The number of rotatable bonds is 5. The van der Waals surface area contributed by atoms with Gasteiger partial charge in [-0.1, -0.05) is 97.1 Å². The van der Waals surface area contributed by atoms with Gasteiger partial charge in [0, 0.05) is 11.3 Å². The van der Waals surface area contributed by atoms with E-state index in [2.05, 4.69) is 0 Å². The van der Waals surface area contributed by atoms with Gasteiger partial charge in [-0.25, -0.2) is 0 Å². The van der Waals surface area contributed by atoms with E-state index in [1.807, 2.05) is 115 Å². The Hall–Kier alpha value is -4.22. The first-order valence-corrected chi connectivity index (χ1v) is 11.7. The van der Waals surface area contributed by atoms with Gasteiger partial charge in [0.05, 0.1) is 12.3 Å². The molecule has 0 aromatic heterocycles. The fraction of sp³-hybridized carbons (Fsp3) is 0.133. The Morgan fingerprint density at radius 2 is 1.34 bits per heavy atom. The first kappa shape index (κ1) is 21.3. The van der Waals surface area contributed by atoms with Crippen LogP contribution in [0.3, 0.4) is 0 Å². The lowest BCUT2D eigenvalue weighted by Crippen LogP contribution is -2.73. The Kier molecular flexibility index (Phi) is 5.20. The van der Waals surface area contributed by atoms with Crippen molar-refractivity contribution in [1.82, 2.24) is 4.90 Å². The number of benzene rings is 4. The topological polar surface area (TPSA) is 49.9 Å². The van der Waals surface area contributed by atoms with E-state index in [0.717, 1.165) is 28.1 Å². The number of β-lactam (4-membered cyclic amide) rings is 1. The normalized spacial score (nSPS) is 21.1. The van der Waals surface area contributed by atoms with Crippen LogP contribution in [0, 0.1) is 0 Å². The summed E-state index contributed by atoms with van der Waals surface area (Å²) < 4.78 is 6.37. The molecule has 0 aliphatic carbocycles. The molecule has 4 aromatic rings. The van der Waals surface area contributed by atoms with Crippen LogP contribution in [0.25, 0.3) is 0 Å². The molecule has 2 aliphatic heterocycles. The molecule has 0 unspecified atom stereocenters. The lowest BCUT2D eigenvalue weighted by Gasteiger charge is -2.56. The lowest BCUT2D eigenvalue weighted by molar-refractivity contribution is -0.192. The quantitative estimate of drug-likeness (QED) is 0.392. The average molecular weight is 461 g/mol. The van der Waals surface area contributed by atoms with Gasteiger partial charge in [0.1, 0.15) is 12.1 Å². The number of ether oxygens (including phenoxy) is 1. The second-order valence-corrected chi connectivity index (χ2v) is 8.82. The summed E-state index contributed by atoms with van der Waals surface area (Å²) in [4.78, 5) is 30.6. The number of nitrogens with zero attached hydrogens (tertiary/aromatic N) is 2. The minimum atomic E-state index is -0.914. The molecular formula is C30H24N2O3. The van der Waals surface area contributed by atoms with Crippen molar-refractivity contribution in [2.45, 2.75) is 18.2 Å². The highest BCUT2D eigenvalue weighted by Crippen LogP contribution is 2.53. The Bertz CT molecular complexity index is 1370. The van der Waals surface area contributed by atoms with E-state index in [4.69, 9.17) is 4.74 Å². The van der Waals surface area contributed by atoms with E-state index in [0.29, 0.717) is 6.61 Å². The van der Waals surface area contributed by atoms with Crippen LogP contribution >= 0.6 is 0 Å². The first-order chi connectivity index (χ1) is 17.2. The maximum atomic E-state index is 13.7. The molecule has 0 N–H and O–H groups in total. The molecule has 2 heterocycles. The Labute approximate surface area is 204 Å². The van der Waals surface area contributed by atoms with Crippen LogP contribution < -0.4 is 4.90 Å². The SMILES string of the molecule is O=C1CN2C(=O)[C@@H](OCc3ccccc3)[C@]2(c2ccccc2)c2ccccc2N1c1ccccc1. The van der Waals surface area contributed by atoms with E-state index in [1.165, 1.54) is 0 Å². The number of amides is 2. The molecule has 1 fully saturated rings. The first-order valence-electron chi connectivity index (χ1n) is 11.7. The Morgan fingerprint density at radius 3 is 2.06 bits per heavy atom. The van der Waals surface area contributed by atoms with Gasteiger partial charge in [-0.15, -0.1) is 0 Å². The fourth-order valence-corrected chi connectivity index (χ4v) is 5.35. The third-order valence-corrected chi connectivity index (χ3v) is 6.88. The molecule has 0 bridgehead atoms. The predicted molar refractivity (Wildman–Crippen MR) is 134 cm³/mol. The smallest absolute Gasteiger partial charge is 0.256 e. The highest BCUT2D eigenvalue weighted by molar-refractivity contribution is 6.08. The van der Waals surface area contributed by atoms with Crippen LogP contribution in [0.15, 0.2) is 115 Å². The second kappa shape index (κ2) is 8.53. The fourth-order valence-electron chi connectivity index (χ4n) is 5.35. The van der Waals surface area contributed by atoms with Crippen LogP contribution in [0.1, 0.15) is 16.7 Å². The van der Waals surface area contributed by atoms with E-state index < -0.39 is 11.6 Å². The number of carbonyl (C=O) groups excluding carboxylic acids is 2. The number of para-hydroxylation sites is 2. The number of hydrogen-bond donors (Lipinski definition) is 0. The summed E-state index contributed by atoms with van der Waals surface area (Å²) in [6, 6.07) is 37.2. The van der Waals surface area contributed by atoms with Gasteiger partial charge in [-0.3, -0.25) is 14.5 Å². The van der Waals surface area contributed by atoms with Crippen LogP contribution in [0.5, 0.6) is 0 Å². The highest BCUT2D eigenvalue weighted by Gasteiger charge is 2.65. The van der Waals surface area contributed by atoms with Crippen molar-refractivity contribution < 1.29 is 14.3 Å². The third kappa shape index (κ3) is 3.27. The molecule has 5 nitrogen and oxygen atoms in total. The predicted octanol–water partition coefficient (Wildman–Crippen LogP) is 5.04. The van der Waals surface area contributed by atoms with Gasteiger partial charge >= 0.3 is 0 Å². The molecule has 0 spiro atoms. The minimum absolute atomic E-state index is 0.0392. The molecule has 0 radical (unpaired) electrons. The molecule has 2 amide bonds. The van der Waals surface area contributed by atoms with Crippen molar-refractivity contribution in [3.05, 3.63) is 132 Å². The van der Waals surface area contributed by atoms with E-state index >= 15 is 0 Å². The summed E-state index contributed by atoms with van der Waals surface area (Å²) in [6.07, 6.45) is -0.755. The summed E-state index contributed by atoms with van der Waals surface area (Å²) >= 11 is 0. The third-order valence-electron chi connectivity index (χ3n) is 6.88. The molecule has 2 aliphatic rings. The molecule has 35 heavy (non-hydrogen) atoms. The van der Waals surface area contributed by atoms with Crippen LogP contribution in [-0.4, -0.2) is 29.4 Å². The van der Waals surface area contributed by atoms with Gasteiger partial charge in [0.25, 0.3) is 11.8 Å². The molecule has 2 atom stereocenters. The van der Waals surface area contributed by atoms with Gasteiger partial charge in [0.15, 0.2) is 6.10 Å².